The molecule has 0 unspecified atom stereocenters. The molecule has 0 aliphatic heterocycles. The van der Waals surface area contributed by atoms with Crippen molar-refractivity contribution in [2.45, 2.75) is 6.61 Å². The maximum atomic E-state index is 12.3. The van der Waals surface area contributed by atoms with E-state index in [0.717, 1.165) is 0 Å². The van der Waals surface area contributed by atoms with Gasteiger partial charge in [-0.15, -0.1) is 0 Å². The fourth-order valence-electron chi connectivity index (χ4n) is 1.33. The second-order valence-corrected chi connectivity index (χ2v) is 4.73. The van der Waals surface area contributed by atoms with Gasteiger partial charge in [-0.05, 0) is 34.7 Å². The molecule has 0 spiro atoms. The quantitative estimate of drug-likeness (QED) is 0.594. The molecule has 1 heterocycles. The van der Waals surface area contributed by atoms with Crippen LogP contribution in [-0.4, -0.2) is 16.6 Å². The summed E-state index contributed by atoms with van der Waals surface area (Å²) in [4.78, 5) is 8.08. The predicted molar refractivity (Wildman–Crippen MR) is 71.8 cm³/mol. The molecular weight excluding hydrogens is 376 g/mol. The molecule has 94 valence electrons. The van der Waals surface area contributed by atoms with Crippen LogP contribution in [-0.2, 0) is 0 Å². The minimum Gasteiger partial charge on any atom is -0.434 e. The van der Waals surface area contributed by atoms with E-state index in [-0.39, 0.29) is 16.7 Å². The lowest BCUT2D eigenvalue weighted by molar-refractivity contribution is -0.0494. The maximum Gasteiger partial charge on any atom is 0.387 e. The molecule has 0 N–H and O–H groups in total. The first-order chi connectivity index (χ1) is 8.58. The molecule has 0 amide bonds. The average molecular weight is 383 g/mol. The van der Waals surface area contributed by atoms with Crippen LogP contribution in [0.4, 0.5) is 8.78 Å². The van der Waals surface area contributed by atoms with Crippen LogP contribution in [0, 0.1) is 3.57 Å². The molecule has 0 aliphatic rings. The molecule has 0 saturated carbocycles. The molecule has 1 aromatic carbocycles. The van der Waals surface area contributed by atoms with Crippen LogP contribution in [0.1, 0.15) is 0 Å². The summed E-state index contributed by atoms with van der Waals surface area (Å²) in [7, 11) is 0. The van der Waals surface area contributed by atoms with Gasteiger partial charge in [0, 0.05) is 6.20 Å². The van der Waals surface area contributed by atoms with Gasteiger partial charge in [-0.1, -0.05) is 23.7 Å². The molecule has 18 heavy (non-hydrogen) atoms. The van der Waals surface area contributed by atoms with Gasteiger partial charge < -0.3 is 4.74 Å². The van der Waals surface area contributed by atoms with Gasteiger partial charge in [0.1, 0.15) is 10.9 Å². The zero-order valence-corrected chi connectivity index (χ0v) is 11.7. The van der Waals surface area contributed by atoms with Crippen LogP contribution in [0.25, 0.3) is 11.4 Å². The Morgan fingerprint density at radius 1 is 1.28 bits per heavy atom. The Hall–Kier alpha value is -1.02. The van der Waals surface area contributed by atoms with Gasteiger partial charge in [0.2, 0.25) is 0 Å². The Morgan fingerprint density at radius 3 is 2.67 bits per heavy atom. The lowest BCUT2D eigenvalue weighted by Gasteiger charge is -2.09. The van der Waals surface area contributed by atoms with Crippen molar-refractivity contribution in [2.24, 2.45) is 0 Å². The van der Waals surface area contributed by atoms with Crippen molar-refractivity contribution < 1.29 is 13.5 Å². The van der Waals surface area contributed by atoms with Gasteiger partial charge in [0.25, 0.3) is 0 Å². The second-order valence-electron chi connectivity index (χ2n) is 3.21. The molecule has 0 saturated heterocycles. The first-order valence-corrected chi connectivity index (χ1v) is 6.26. The molecule has 0 atom stereocenters. The third-order valence-corrected chi connectivity index (χ3v) is 3.44. The minimum absolute atomic E-state index is 0.0183. The largest absolute Gasteiger partial charge is 0.434 e. The Bertz CT molecular complexity index is 568. The first-order valence-electron chi connectivity index (χ1n) is 4.80. The number of ether oxygens (including phenoxy) is 1. The van der Waals surface area contributed by atoms with Crippen LogP contribution in [0.3, 0.4) is 0 Å². The summed E-state index contributed by atoms with van der Waals surface area (Å²) in [5, 5.41) is 0.271. The highest BCUT2D eigenvalue weighted by molar-refractivity contribution is 14.1. The number of para-hydroxylation sites is 1. The molecule has 3 nitrogen and oxygen atoms in total. The zero-order chi connectivity index (χ0) is 13.1. The Kier molecular flexibility index (Phi) is 4.28. The van der Waals surface area contributed by atoms with Crippen LogP contribution in [0.5, 0.6) is 5.75 Å². The fraction of sp³-hybridized carbons (Fsp3) is 0.0909. The van der Waals surface area contributed by atoms with Crippen molar-refractivity contribution in [1.29, 1.82) is 0 Å². The highest BCUT2D eigenvalue weighted by Gasteiger charge is 2.13. The molecule has 0 fully saturated rings. The Balaban J connectivity index is 2.46. The van der Waals surface area contributed by atoms with E-state index in [9.17, 15) is 8.78 Å². The van der Waals surface area contributed by atoms with Crippen LogP contribution >= 0.6 is 34.2 Å². The average Bonchev–Trinajstić information content (AvgIpc) is 2.33. The molecule has 0 bridgehead atoms. The fourth-order valence-corrected chi connectivity index (χ4v) is 1.71. The third-order valence-electron chi connectivity index (χ3n) is 2.05. The van der Waals surface area contributed by atoms with Gasteiger partial charge in [0.05, 0.1) is 9.13 Å². The predicted octanol–water partition coefficient (Wildman–Crippen LogP) is 4.00. The number of rotatable bonds is 3. The van der Waals surface area contributed by atoms with Crippen molar-refractivity contribution in [1.82, 2.24) is 9.97 Å². The molecule has 0 aliphatic carbocycles. The Morgan fingerprint density at radius 2 is 2.00 bits per heavy atom. The lowest BCUT2D eigenvalue weighted by atomic mass is 10.2. The topological polar surface area (TPSA) is 35.0 Å². The van der Waals surface area contributed by atoms with E-state index < -0.39 is 6.61 Å². The van der Waals surface area contributed by atoms with Crippen molar-refractivity contribution in [2.75, 3.05) is 0 Å². The SMILES string of the molecule is FC(F)Oc1ccccc1-c1ncc(I)c(Cl)n1. The standard InChI is InChI=1S/C11H6ClF2IN2O/c12-9-7(15)5-16-10(17-9)6-3-1-2-4-8(6)18-11(13)14/h1-5,11H. The van der Waals surface area contributed by atoms with Crippen LogP contribution in [0.15, 0.2) is 30.5 Å². The molecule has 1 aromatic heterocycles. The highest BCUT2D eigenvalue weighted by atomic mass is 127. The van der Waals surface area contributed by atoms with E-state index in [1.807, 2.05) is 22.6 Å². The number of benzene rings is 1. The summed E-state index contributed by atoms with van der Waals surface area (Å²) in [6, 6.07) is 6.30. The molecule has 2 aromatic rings. The van der Waals surface area contributed by atoms with E-state index in [4.69, 9.17) is 11.6 Å². The normalized spacial score (nSPS) is 10.7. The van der Waals surface area contributed by atoms with E-state index in [1.54, 1.807) is 18.2 Å². The van der Waals surface area contributed by atoms with Gasteiger partial charge in [-0.3, -0.25) is 0 Å². The van der Waals surface area contributed by atoms with Crippen molar-refractivity contribution >= 4 is 34.2 Å². The summed E-state index contributed by atoms with van der Waals surface area (Å²) >= 11 is 7.86. The third kappa shape index (κ3) is 3.05. The summed E-state index contributed by atoms with van der Waals surface area (Å²) in [5.74, 6) is 0.265. The van der Waals surface area contributed by atoms with E-state index in [0.29, 0.717) is 9.13 Å². The number of hydrogen-bond acceptors (Lipinski definition) is 3. The summed E-state index contributed by atoms with van der Waals surface area (Å²) in [5.41, 5.74) is 0.371. The zero-order valence-electron chi connectivity index (χ0n) is 8.78. The summed E-state index contributed by atoms with van der Waals surface area (Å²) in [6.07, 6.45) is 1.52. The number of nitrogens with zero attached hydrogens (tertiary/aromatic N) is 2. The van der Waals surface area contributed by atoms with Crippen LogP contribution in [0.2, 0.25) is 5.15 Å². The smallest absolute Gasteiger partial charge is 0.387 e. The Labute approximate surface area is 120 Å². The van der Waals surface area contributed by atoms with Gasteiger partial charge in [0.15, 0.2) is 5.82 Å². The monoisotopic (exact) mass is 382 g/mol. The molecule has 0 radical (unpaired) electrons. The van der Waals surface area contributed by atoms with Crippen molar-refractivity contribution in [3.63, 3.8) is 0 Å². The van der Waals surface area contributed by atoms with Gasteiger partial charge in [-0.2, -0.15) is 8.78 Å². The number of aromatic nitrogens is 2. The second kappa shape index (κ2) is 5.75. The molecular formula is C11H6ClF2IN2O. The number of hydrogen-bond donors (Lipinski definition) is 0. The number of halogens is 4. The molecule has 2 rings (SSSR count). The maximum absolute atomic E-state index is 12.3. The lowest BCUT2D eigenvalue weighted by Crippen LogP contribution is -2.04. The van der Waals surface area contributed by atoms with E-state index in [1.165, 1.54) is 12.3 Å². The number of alkyl halides is 2. The van der Waals surface area contributed by atoms with Crippen molar-refractivity contribution in [3.8, 4) is 17.1 Å². The van der Waals surface area contributed by atoms with Gasteiger partial charge >= 0.3 is 6.61 Å². The van der Waals surface area contributed by atoms with Crippen LogP contribution < -0.4 is 4.74 Å². The highest BCUT2D eigenvalue weighted by Crippen LogP contribution is 2.29. The summed E-state index contributed by atoms with van der Waals surface area (Å²) in [6.45, 7) is -2.90. The summed E-state index contributed by atoms with van der Waals surface area (Å²) < 4.78 is 29.6. The minimum atomic E-state index is -2.90. The van der Waals surface area contributed by atoms with Crippen molar-refractivity contribution in [3.05, 3.63) is 39.2 Å². The molecule has 7 heteroatoms. The van der Waals surface area contributed by atoms with E-state index in [2.05, 4.69) is 14.7 Å². The van der Waals surface area contributed by atoms with E-state index >= 15 is 0 Å². The first kappa shape index (κ1) is 13.4. The van der Waals surface area contributed by atoms with Gasteiger partial charge in [-0.25, -0.2) is 9.97 Å².